The van der Waals surface area contributed by atoms with Gasteiger partial charge in [-0.2, -0.15) is 0 Å². The summed E-state index contributed by atoms with van der Waals surface area (Å²) in [6, 6.07) is 0. The maximum absolute atomic E-state index is 10.8. The third kappa shape index (κ3) is 1.32. The lowest BCUT2D eigenvalue weighted by molar-refractivity contribution is -0.145. The number of rotatable bonds is 3. The zero-order valence-corrected chi connectivity index (χ0v) is 6.67. The van der Waals surface area contributed by atoms with Gasteiger partial charge in [0.2, 0.25) is 5.91 Å². The summed E-state index contributed by atoms with van der Waals surface area (Å²) in [6.45, 7) is 3.46. The zero-order chi connectivity index (χ0) is 9.19. The minimum Gasteiger partial charge on any atom is -0.479 e. The van der Waals surface area contributed by atoms with Crippen LogP contribution in [-0.4, -0.2) is 22.5 Å². The molecule has 4 heteroatoms. The van der Waals surface area contributed by atoms with Crippen molar-refractivity contribution < 1.29 is 14.7 Å². The second kappa shape index (κ2) is 2.97. The van der Waals surface area contributed by atoms with E-state index >= 15 is 0 Å². The average molecular weight is 169 g/mol. The van der Waals surface area contributed by atoms with Crippen LogP contribution in [-0.2, 0) is 9.59 Å². The summed E-state index contributed by atoms with van der Waals surface area (Å²) >= 11 is 0. The standard InChI is InChI=1S/C8H11NO3/c1-2-4-8(7(11)12)5-3-6(10)9-8/h2H,1,3-5H2,(H,9,10)(H,11,12). The van der Waals surface area contributed by atoms with Crippen LogP contribution in [0.4, 0.5) is 0 Å². The van der Waals surface area contributed by atoms with E-state index in [1.54, 1.807) is 0 Å². The first-order valence-electron chi connectivity index (χ1n) is 3.76. The van der Waals surface area contributed by atoms with Crippen LogP contribution in [0.3, 0.4) is 0 Å². The van der Waals surface area contributed by atoms with E-state index in [1.165, 1.54) is 6.08 Å². The van der Waals surface area contributed by atoms with E-state index in [0.717, 1.165) is 0 Å². The van der Waals surface area contributed by atoms with Gasteiger partial charge in [0, 0.05) is 6.42 Å². The Morgan fingerprint density at radius 3 is 2.83 bits per heavy atom. The van der Waals surface area contributed by atoms with Crippen molar-refractivity contribution >= 4 is 11.9 Å². The van der Waals surface area contributed by atoms with Gasteiger partial charge in [-0.15, -0.1) is 6.58 Å². The first-order valence-corrected chi connectivity index (χ1v) is 3.76. The van der Waals surface area contributed by atoms with Crippen molar-refractivity contribution in [2.45, 2.75) is 24.8 Å². The molecule has 1 heterocycles. The van der Waals surface area contributed by atoms with Gasteiger partial charge in [0.25, 0.3) is 0 Å². The summed E-state index contributed by atoms with van der Waals surface area (Å²) < 4.78 is 0. The Balaban J connectivity index is 2.80. The highest BCUT2D eigenvalue weighted by Crippen LogP contribution is 2.24. The molecule has 1 aliphatic rings. The highest BCUT2D eigenvalue weighted by Gasteiger charge is 2.43. The van der Waals surface area contributed by atoms with Crippen molar-refractivity contribution in [1.82, 2.24) is 5.32 Å². The molecule has 0 aromatic carbocycles. The molecule has 1 rings (SSSR count). The zero-order valence-electron chi connectivity index (χ0n) is 6.67. The molecule has 1 amide bonds. The molecule has 1 aliphatic heterocycles. The SMILES string of the molecule is C=CCC1(C(=O)O)CCC(=O)N1. The molecule has 2 N–H and O–H groups in total. The second-order valence-electron chi connectivity index (χ2n) is 2.93. The molecular weight excluding hydrogens is 158 g/mol. The van der Waals surface area contributed by atoms with Crippen molar-refractivity contribution in [2.75, 3.05) is 0 Å². The molecule has 1 unspecified atom stereocenters. The van der Waals surface area contributed by atoms with E-state index in [2.05, 4.69) is 11.9 Å². The van der Waals surface area contributed by atoms with Crippen molar-refractivity contribution in [3.63, 3.8) is 0 Å². The van der Waals surface area contributed by atoms with Gasteiger partial charge in [0.1, 0.15) is 5.54 Å². The van der Waals surface area contributed by atoms with E-state index in [-0.39, 0.29) is 12.3 Å². The minimum absolute atomic E-state index is 0.195. The van der Waals surface area contributed by atoms with Crippen molar-refractivity contribution in [3.8, 4) is 0 Å². The van der Waals surface area contributed by atoms with Crippen molar-refractivity contribution in [1.29, 1.82) is 0 Å². The maximum Gasteiger partial charge on any atom is 0.329 e. The van der Waals surface area contributed by atoms with Crippen LogP contribution >= 0.6 is 0 Å². The lowest BCUT2D eigenvalue weighted by atomic mass is 9.94. The van der Waals surface area contributed by atoms with E-state index in [1.807, 2.05) is 0 Å². The molecule has 1 fully saturated rings. The predicted octanol–water partition coefficient (Wildman–Crippen LogP) is 0.296. The third-order valence-electron chi connectivity index (χ3n) is 2.06. The van der Waals surface area contributed by atoms with Gasteiger partial charge in [-0.1, -0.05) is 6.08 Å². The highest BCUT2D eigenvalue weighted by molar-refractivity contribution is 5.90. The van der Waals surface area contributed by atoms with Crippen LogP contribution in [0.25, 0.3) is 0 Å². The molecule has 1 atom stereocenters. The fraction of sp³-hybridized carbons (Fsp3) is 0.500. The maximum atomic E-state index is 10.8. The number of nitrogens with one attached hydrogen (secondary N) is 1. The first kappa shape index (κ1) is 8.77. The number of hydrogen-bond donors (Lipinski definition) is 2. The Labute approximate surface area is 70.3 Å². The van der Waals surface area contributed by atoms with Gasteiger partial charge < -0.3 is 10.4 Å². The van der Waals surface area contributed by atoms with Gasteiger partial charge in [-0.05, 0) is 12.8 Å². The summed E-state index contributed by atoms with van der Waals surface area (Å²) in [4.78, 5) is 21.6. The number of aliphatic carboxylic acids is 1. The summed E-state index contributed by atoms with van der Waals surface area (Å²) in [5, 5.41) is 11.3. The Morgan fingerprint density at radius 1 is 1.83 bits per heavy atom. The van der Waals surface area contributed by atoms with E-state index in [0.29, 0.717) is 12.8 Å². The van der Waals surface area contributed by atoms with Gasteiger partial charge in [0.15, 0.2) is 0 Å². The Bertz CT molecular complexity index is 236. The Hall–Kier alpha value is -1.32. The molecular formula is C8H11NO3. The molecule has 0 saturated carbocycles. The number of amides is 1. The third-order valence-corrected chi connectivity index (χ3v) is 2.06. The predicted molar refractivity (Wildman–Crippen MR) is 42.6 cm³/mol. The number of carboxylic acid groups (broad SMARTS) is 1. The number of carboxylic acids is 1. The molecule has 66 valence electrons. The van der Waals surface area contributed by atoms with E-state index in [4.69, 9.17) is 5.11 Å². The number of hydrogen-bond acceptors (Lipinski definition) is 2. The van der Waals surface area contributed by atoms with Crippen LogP contribution < -0.4 is 5.32 Å². The van der Waals surface area contributed by atoms with Crippen LogP contribution in [0.1, 0.15) is 19.3 Å². The van der Waals surface area contributed by atoms with Crippen molar-refractivity contribution in [3.05, 3.63) is 12.7 Å². The average Bonchev–Trinajstić information content (AvgIpc) is 2.34. The van der Waals surface area contributed by atoms with E-state index < -0.39 is 11.5 Å². The van der Waals surface area contributed by atoms with Crippen LogP contribution in [0.5, 0.6) is 0 Å². The molecule has 4 nitrogen and oxygen atoms in total. The summed E-state index contributed by atoms with van der Waals surface area (Å²) in [7, 11) is 0. The monoisotopic (exact) mass is 169 g/mol. The van der Waals surface area contributed by atoms with Crippen LogP contribution in [0, 0.1) is 0 Å². The largest absolute Gasteiger partial charge is 0.479 e. The highest BCUT2D eigenvalue weighted by atomic mass is 16.4. The molecule has 0 aliphatic carbocycles. The molecule has 0 radical (unpaired) electrons. The molecule has 0 aromatic heterocycles. The lowest BCUT2D eigenvalue weighted by Crippen LogP contribution is -2.48. The molecule has 0 spiro atoms. The number of carbonyl (C=O) groups is 2. The van der Waals surface area contributed by atoms with Gasteiger partial charge in [-0.25, -0.2) is 4.79 Å². The van der Waals surface area contributed by atoms with Gasteiger partial charge in [-0.3, -0.25) is 4.79 Å². The summed E-state index contributed by atoms with van der Waals surface area (Å²) in [5.41, 5.74) is -1.08. The topological polar surface area (TPSA) is 66.4 Å². The first-order chi connectivity index (χ1) is 5.60. The van der Waals surface area contributed by atoms with Crippen LogP contribution in [0.15, 0.2) is 12.7 Å². The molecule has 0 bridgehead atoms. The summed E-state index contributed by atoms with van der Waals surface area (Å²) in [6.07, 6.45) is 2.45. The Kier molecular flexibility index (Phi) is 2.17. The fourth-order valence-electron chi connectivity index (χ4n) is 1.37. The van der Waals surface area contributed by atoms with Gasteiger partial charge >= 0.3 is 5.97 Å². The van der Waals surface area contributed by atoms with Gasteiger partial charge in [0.05, 0.1) is 0 Å². The number of carbonyl (C=O) groups excluding carboxylic acids is 1. The second-order valence-corrected chi connectivity index (χ2v) is 2.93. The lowest BCUT2D eigenvalue weighted by Gasteiger charge is -2.21. The molecule has 12 heavy (non-hydrogen) atoms. The Morgan fingerprint density at radius 2 is 2.50 bits per heavy atom. The summed E-state index contributed by atoms with van der Waals surface area (Å²) in [5.74, 6) is -1.17. The smallest absolute Gasteiger partial charge is 0.329 e. The minimum atomic E-state index is -1.08. The molecule has 1 saturated heterocycles. The van der Waals surface area contributed by atoms with Crippen LogP contribution in [0.2, 0.25) is 0 Å². The fourth-order valence-corrected chi connectivity index (χ4v) is 1.37. The quantitative estimate of drug-likeness (QED) is 0.597. The molecule has 0 aromatic rings. The normalized spacial score (nSPS) is 28.2. The van der Waals surface area contributed by atoms with E-state index in [9.17, 15) is 9.59 Å². The van der Waals surface area contributed by atoms with Crippen molar-refractivity contribution in [2.24, 2.45) is 0 Å².